The van der Waals surface area contributed by atoms with Crippen LogP contribution in [0.5, 0.6) is 0 Å². The average molecular weight is 404 g/mol. The fourth-order valence-corrected chi connectivity index (χ4v) is 3.15. The van der Waals surface area contributed by atoms with Crippen molar-refractivity contribution in [1.82, 2.24) is 5.32 Å². The monoisotopic (exact) mass is 403 g/mol. The van der Waals surface area contributed by atoms with E-state index >= 15 is 0 Å². The lowest BCUT2D eigenvalue weighted by molar-refractivity contribution is -0.151. The van der Waals surface area contributed by atoms with Crippen molar-refractivity contribution in [3.8, 4) is 11.1 Å². The van der Waals surface area contributed by atoms with Crippen LogP contribution in [0.1, 0.15) is 18.9 Å². The number of hydrogen-bond donors (Lipinski definition) is 3. The van der Waals surface area contributed by atoms with E-state index in [9.17, 15) is 24.6 Å². The highest BCUT2D eigenvalue weighted by Crippen LogP contribution is 2.26. The van der Waals surface area contributed by atoms with Crippen molar-refractivity contribution >= 4 is 29.8 Å². The van der Waals surface area contributed by atoms with E-state index < -0.39 is 29.9 Å². The van der Waals surface area contributed by atoms with Gasteiger partial charge in [0.15, 0.2) is 0 Å². The van der Waals surface area contributed by atoms with E-state index in [1.165, 1.54) is 6.92 Å². The van der Waals surface area contributed by atoms with E-state index in [4.69, 9.17) is 11.6 Å². The number of benzene rings is 2. The molecule has 0 spiro atoms. The highest BCUT2D eigenvalue weighted by atomic mass is 35.5. The molecule has 2 rings (SSSR count). The van der Waals surface area contributed by atoms with Crippen LogP contribution in [-0.2, 0) is 20.8 Å². The van der Waals surface area contributed by atoms with Gasteiger partial charge in [0.25, 0.3) is 5.91 Å². The van der Waals surface area contributed by atoms with Gasteiger partial charge >= 0.3 is 5.97 Å². The number of carboxylic acids is 1. The van der Waals surface area contributed by atoms with Crippen molar-refractivity contribution in [2.75, 3.05) is 6.61 Å². The summed E-state index contributed by atoms with van der Waals surface area (Å²) < 4.78 is 0. The predicted molar refractivity (Wildman–Crippen MR) is 106 cm³/mol. The van der Waals surface area contributed by atoms with Gasteiger partial charge in [0.2, 0.25) is 6.29 Å². The molecular formula is C21H22ClNO5. The average Bonchev–Trinajstić information content (AvgIpc) is 2.68. The number of hydrogen-bond acceptors (Lipinski definition) is 4. The van der Waals surface area contributed by atoms with E-state index in [2.05, 4.69) is 5.32 Å². The quantitative estimate of drug-likeness (QED) is 0.441. The van der Waals surface area contributed by atoms with Crippen LogP contribution in [0.15, 0.2) is 48.5 Å². The summed E-state index contributed by atoms with van der Waals surface area (Å²) in [6.07, 6.45) is 0.443. The van der Waals surface area contributed by atoms with Gasteiger partial charge in [-0.1, -0.05) is 48.0 Å². The molecule has 0 fully saturated rings. The summed E-state index contributed by atoms with van der Waals surface area (Å²) in [6, 6.07) is 14.4. The first-order valence-electron chi connectivity index (χ1n) is 8.72. The van der Waals surface area contributed by atoms with E-state index in [0.29, 0.717) is 11.4 Å². The molecule has 0 bridgehead atoms. The number of amides is 1. The number of carbonyl (C=O) groups excluding carboxylic acids is 2. The molecule has 0 unspecified atom stereocenters. The zero-order valence-corrected chi connectivity index (χ0v) is 16.1. The molecule has 0 saturated heterocycles. The van der Waals surface area contributed by atoms with Gasteiger partial charge in [0.05, 0.1) is 12.0 Å². The van der Waals surface area contributed by atoms with E-state index in [-0.39, 0.29) is 12.7 Å². The Morgan fingerprint density at radius 1 is 1.18 bits per heavy atom. The number of carbonyl (C=O) groups is 3. The summed E-state index contributed by atoms with van der Waals surface area (Å²) in [5.74, 6) is -2.00. The van der Waals surface area contributed by atoms with Gasteiger partial charge in [-0.2, -0.15) is 0 Å². The Morgan fingerprint density at radius 2 is 1.86 bits per heavy atom. The third-order valence-electron chi connectivity index (χ3n) is 4.61. The van der Waals surface area contributed by atoms with Crippen molar-refractivity contribution < 1.29 is 24.6 Å². The maximum Gasteiger partial charge on any atom is 0.311 e. The minimum absolute atomic E-state index is 0.0194. The van der Waals surface area contributed by atoms with Crippen LogP contribution in [0, 0.1) is 5.41 Å². The third-order valence-corrected chi connectivity index (χ3v) is 4.84. The maximum atomic E-state index is 11.5. The van der Waals surface area contributed by atoms with Crippen molar-refractivity contribution in [2.24, 2.45) is 5.41 Å². The maximum absolute atomic E-state index is 11.5. The van der Waals surface area contributed by atoms with Gasteiger partial charge in [0.1, 0.15) is 0 Å². The first kappa shape index (κ1) is 21.6. The zero-order chi connectivity index (χ0) is 20.7. The van der Waals surface area contributed by atoms with Gasteiger partial charge in [0, 0.05) is 11.1 Å². The molecule has 0 heterocycles. The molecule has 1 amide bonds. The zero-order valence-electron chi connectivity index (χ0n) is 15.4. The van der Waals surface area contributed by atoms with Crippen molar-refractivity contribution in [2.45, 2.75) is 25.8 Å². The normalized spacial score (nSPS) is 14.0. The van der Waals surface area contributed by atoms with Crippen LogP contribution in [0.2, 0.25) is 5.02 Å². The molecule has 7 heteroatoms. The fraction of sp³-hybridized carbons (Fsp3) is 0.286. The van der Waals surface area contributed by atoms with Gasteiger partial charge < -0.3 is 15.5 Å². The lowest BCUT2D eigenvalue weighted by Gasteiger charge is -2.28. The summed E-state index contributed by atoms with van der Waals surface area (Å²) in [6.45, 7) is 0.821. The number of aldehydes is 1. The Labute approximate surface area is 168 Å². The standard InChI is InChI=1S/C21H22ClNO5/c1-21(13-25,20(27)28)11-18(23-19(26)12-24)9-14-5-7-15(8-6-14)16-3-2-4-17(22)10-16/h2-8,10,12,18,25H,9,11,13H2,1H3,(H,23,26)(H,27,28)/t18-,21+/m1/s1. The van der Waals surface area contributed by atoms with Crippen LogP contribution >= 0.6 is 11.6 Å². The van der Waals surface area contributed by atoms with Gasteiger partial charge in [-0.15, -0.1) is 0 Å². The van der Waals surface area contributed by atoms with Crippen molar-refractivity contribution in [3.05, 3.63) is 59.1 Å². The molecule has 0 saturated carbocycles. The first-order valence-corrected chi connectivity index (χ1v) is 9.10. The number of aliphatic carboxylic acids is 1. The minimum Gasteiger partial charge on any atom is -0.481 e. The molecule has 28 heavy (non-hydrogen) atoms. The SMILES string of the molecule is C[C@@](CO)(C[C@@H](Cc1ccc(-c2cccc(Cl)c2)cc1)NC(=O)C=O)C(=O)O. The Morgan fingerprint density at radius 3 is 2.39 bits per heavy atom. The second-order valence-electron chi connectivity index (χ2n) is 6.96. The summed E-state index contributed by atoms with van der Waals surface area (Å²) in [7, 11) is 0. The Bertz CT molecular complexity index is 852. The van der Waals surface area contributed by atoms with Crippen molar-refractivity contribution in [1.29, 1.82) is 0 Å². The highest BCUT2D eigenvalue weighted by molar-refractivity contribution is 6.30. The Hall–Kier alpha value is -2.70. The fourth-order valence-electron chi connectivity index (χ4n) is 2.96. The summed E-state index contributed by atoms with van der Waals surface area (Å²) in [4.78, 5) is 33.7. The molecule has 3 N–H and O–H groups in total. The molecule has 2 aromatic carbocycles. The molecule has 148 valence electrons. The smallest absolute Gasteiger partial charge is 0.311 e. The molecule has 0 aromatic heterocycles. The molecule has 6 nitrogen and oxygen atoms in total. The molecule has 0 aliphatic heterocycles. The molecular weight excluding hydrogens is 382 g/mol. The summed E-state index contributed by atoms with van der Waals surface area (Å²) >= 11 is 6.02. The molecule has 0 aliphatic rings. The van der Waals surface area contributed by atoms with E-state index in [1.54, 1.807) is 6.07 Å². The Balaban J connectivity index is 2.19. The van der Waals surface area contributed by atoms with Gasteiger partial charge in [-0.3, -0.25) is 14.4 Å². The molecule has 0 radical (unpaired) electrons. The largest absolute Gasteiger partial charge is 0.481 e. The van der Waals surface area contributed by atoms with E-state index in [0.717, 1.165) is 16.7 Å². The minimum atomic E-state index is -1.43. The first-order chi connectivity index (χ1) is 13.3. The second kappa shape index (κ2) is 9.48. The number of nitrogens with one attached hydrogen (secondary N) is 1. The van der Waals surface area contributed by atoms with Gasteiger partial charge in [-0.25, -0.2) is 0 Å². The highest BCUT2D eigenvalue weighted by Gasteiger charge is 2.35. The Kier molecular flexibility index (Phi) is 7.31. The second-order valence-corrected chi connectivity index (χ2v) is 7.40. The number of halogens is 1. The molecule has 2 aromatic rings. The predicted octanol–water partition coefficient (Wildman–Crippen LogP) is 2.71. The van der Waals surface area contributed by atoms with Crippen LogP contribution < -0.4 is 5.32 Å². The lowest BCUT2D eigenvalue weighted by Crippen LogP contribution is -2.44. The summed E-state index contributed by atoms with van der Waals surface area (Å²) in [5, 5.41) is 22.0. The van der Waals surface area contributed by atoms with Crippen molar-refractivity contribution in [3.63, 3.8) is 0 Å². The molecule has 0 aliphatic carbocycles. The molecule has 2 atom stereocenters. The third kappa shape index (κ3) is 5.65. The van der Waals surface area contributed by atoms with E-state index in [1.807, 2.05) is 42.5 Å². The number of aliphatic hydroxyl groups is 1. The van der Waals surface area contributed by atoms with Crippen LogP contribution in [0.3, 0.4) is 0 Å². The van der Waals surface area contributed by atoms with Crippen LogP contribution in [0.25, 0.3) is 11.1 Å². The number of rotatable bonds is 9. The van der Waals surface area contributed by atoms with Crippen LogP contribution in [-0.4, -0.2) is 41.0 Å². The van der Waals surface area contributed by atoms with Crippen LogP contribution in [0.4, 0.5) is 0 Å². The number of carboxylic acid groups (broad SMARTS) is 1. The topological polar surface area (TPSA) is 104 Å². The summed E-state index contributed by atoms with van der Waals surface area (Å²) in [5.41, 5.74) is 1.35. The van der Waals surface area contributed by atoms with Gasteiger partial charge in [-0.05, 0) is 48.6 Å². The lowest BCUT2D eigenvalue weighted by atomic mass is 9.82. The number of aliphatic hydroxyl groups excluding tert-OH is 1.